The molecule has 0 bridgehead atoms. The summed E-state index contributed by atoms with van der Waals surface area (Å²) in [5.74, 6) is -0.868. The van der Waals surface area contributed by atoms with E-state index in [9.17, 15) is 14.4 Å². The fourth-order valence-corrected chi connectivity index (χ4v) is 6.12. The number of methoxy groups -OCH3 is 1. The number of thiazole rings is 1. The minimum absolute atomic E-state index is 0.223. The Kier molecular flexibility index (Phi) is 7.40. The molecule has 3 heterocycles. The first kappa shape index (κ1) is 27.1. The standard InChI is InChI=1S/C31H29N3O5S/c1-6-39-30(37)26-19(3)32-31-34(27(26)21-10-8-7-9-11-21)28(35)25(40-31)17-23-16-18(2)33(20(23)4)24-14-12-22(13-15-24)29(36)38-5/h7-17,27H,6H2,1-5H3/b25-17+/t27-/m0/s1. The molecule has 0 saturated carbocycles. The van der Waals surface area contributed by atoms with E-state index < -0.39 is 18.0 Å². The van der Waals surface area contributed by atoms with E-state index in [1.54, 1.807) is 30.5 Å². The van der Waals surface area contributed by atoms with Gasteiger partial charge >= 0.3 is 11.9 Å². The van der Waals surface area contributed by atoms with Crippen LogP contribution in [0.15, 0.2) is 81.7 Å². The summed E-state index contributed by atoms with van der Waals surface area (Å²) in [6, 6.07) is 18.0. The molecule has 1 atom stereocenters. The van der Waals surface area contributed by atoms with Crippen LogP contribution in [0.3, 0.4) is 0 Å². The molecule has 0 spiro atoms. The molecule has 1 aliphatic rings. The summed E-state index contributed by atoms with van der Waals surface area (Å²) < 4.78 is 14.3. The maximum absolute atomic E-state index is 13.9. The third-order valence-electron chi connectivity index (χ3n) is 6.94. The number of benzene rings is 2. The first-order valence-corrected chi connectivity index (χ1v) is 13.7. The Hall–Kier alpha value is -4.50. The van der Waals surface area contributed by atoms with Crippen LogP contribution in [-0.4, -0.2) is 34.8 Å². The first-order chi connectivity index (χ1) is 19.2. The first-order valence-electron chi connectivity index (χ1n) is 12.9. The highest BCUT2D eigenvalue weighted by Crippen LogP contribution is 2.30. The van der Waals surface area contributed by atoms with E-state index in [4.69, 9.17) is 9.47 Å². The number of ether oxygens (including phenoxy) is 2. The monoisotopic (exact) mass is 555 g/mol. The van der Waals surface area contributed by atoms with Crippen molar-refractivity contribution in [3.8, 4) is 5.69 Å². The summed E-state index contributed by atoms with van der Waals surface area (Å²) in [6.07, 6.45) is 1.87. The number of allylic oxidation sites excluding steroid dienone is 1. The summed E-state index contributed by atoms with van der Waals surface area (Å²) >= 11 is 1.29. The lowest BCUT2D eigenvalue weighted by molar-refractivity contribution is -0.139. The van der Waals surface area contributed by atoms with E-state index in [0.29, 0.717) is 26.2 Å². The van der Waals surface area contributed by atoms with Gasteiger partial charge in [0, 0.05) is 17.1 Å². The quantitative estimate of drug-likeness (QED) is 0.336. The van der Waals surface area contributed by atoms with Gasteiger partial charge in [-0.25, -0.2) is 14.6 Å². The van der Waals surface area contributed by atoms with Crippen LogP contribution in [0.4, 0.5) is 0 Å². The Balaban J connectivity index is 1.63. The van der Waals surface area contributed by atoms with Crippen molar-refractivity contribution in [2.75, 3.05) is 13.7 Å². The molecule has 0 radical (unpaired) electrons. The number of fused-ring (bicyclic) bond motifs is 1. The topological polar surface area (TPSA) is 91.9 Å². The normalized spacial score (nSPS) is 15.0. The highest BCUT2D eigenvalue weighted by atomic mass is 32.1. The van der Waals surface area contributed by atoms with Crippen molar-refractivity contribution in [3.05, 3.63) is 120 Å². The number of carbonyl (C=O) groups excluding carboxylic acids is 2. The number of aryl methyl sites for hydroxylation is 1. The van der Waals surface area contributed by atoms with E-state index in [1.807, 2.05) is 68.5 Å². The number of carbonyl (C=O) groups is 2. The van der Waals surface area contributed by atoms with E-state index >= 15 is 0 Å². The lowest BCUT2D eigenvalue weighted by atomic mass is 9.96. The Bertz CT molecular complexity index is 1830. The van der Waals surface area contributed by atoms with Crippen molar-refractivity contribution in [1.82, 2.24) is 9.13 Å². The van der Waals surface area contributed by atoms with Crippen molar-refractivity contribution < 1.29 is 19.1 Å². The molecular formula is C31H29N3O5S. The van der Waals surface area contributed by atoms with Crippen LogP contribution in [0.1, 0.15) is 52.8 Å². The third-order valence-corrected chi connectivity index (χ3v) is 7.92. The van der Waals surface area contributed by atoms with Gasteiger partial charge in [-0.15, -0.1) is 0 Å². The van der Waals surface area contributed by atoms with Crippen molar-refractivity contribution in [1.29, 1.82) is 0 Å². The Morgan fingerprint density at radius 3 is 2.38 bits per heavy atom. The SMILES string of the molecule is CCOC(=O)C1=C(C)N=c2s/c(=C/c3cc(C)n(-c4ccc(C(=O)OC)cc4)c3C)c(=O)n2[C@H]1c1ccccc1. The van der Waals surface area contributed by atoms with Crippen LogP contribution < -0.4 is 14.9 Å². The van der Waals surface area contributed by atoms with Crippen molar-refractivity contribution >= 4 is 29.4 Å². The van der Waals surface area contributed by atoms with Crippen molar-refractivity contribution in [2.24, 2.45) is 4.99 Å². The molecule has 9 heteroatoms. The van der Waals surface area contributed by atoms with Crippen LogP contribution in [-0.2, 0) is 14.3 Å². The molecule has 5 rings (SSSR count). The van der Waals surface area contributed by atoms with Gasteiger partial charge in [-0.1, -0.05) is 41.7 Å². The van der Waals surface area contributed by atoms with Gasteiger partial charge in [0.15, 0.2) is 4.80 Å². The minimum atomic E-state index is -0.639. The van der Waals surface area contributed by atoms with Crippen LogP contribution in [0, 0.1) is 13.8 Å². The molecule has 2 aromatic carbocycles. The van der Waals surface area contributed by atoms with E-state index in [2.05, 4.69) is 9.56 Å². The molecular weight excluding hydrogens is 526 g/mol. The molecule has 204 valence electrons. The van der Waals surface area contributed by atoms with Crippen LogP contribution in [0.2, 0.25) is 0 Å². The van der Waals surface area contributed by atoms with Gasteiger partial charge < -0.3 is 14.0 Å². The molecule has 1 aliphatic heterocycles. The number of nitrogens with zero attached hydrogens (tertiary/aromatic N) is 3. The van der Waals surface area contributed by atoms with Crippen LogP contribution in [0.25, 0.3) is 11.8 Å². The zero-order valence-electron chi connectivity index (χ0n) is 22.9. The largest absolute Gasteiger partial charge is 0.465 e. The maximum Gasteiger partial charge on any atom is 0.338 e. The molecule has 0 saturated heterocycles. The third kappa shape index (κ3) is 4.73. The summed E-state index contributed by atoms with van der Waals surface area (Å²) in [4.78, 5) is 43.9. The zero-order chi connectivity index (χ0) is 28.6. The van der Waals surface area contributed by atoms with E-state index in [-0.39, 0.29) is 12.2 Å². The Morgan fingerprint density at radius 1 is 1.02 bits per heavy atom. The predicted molar refractivity (Wildman–Crippen MR) is 153 cm³/mol. The van der Waals surface area contributed by atoms with Gasteiger partial charge in [0.25, 0.3) is 5.56 Å². The van der Waals surface area contributed by atoms with Gasteiger partial charge in [0.1, 0.15) is 0 Å². The smallest absolute Gasteiger partial charge is 0.338 e. The molecule has 2 aromatic heterocycles. The Labute approximate surface area is 235 Å². The molecule has 0 amide bonds. The van der Waals surface area contributed by atoms with E-state index in [1.165, 1.54) is 18.4 Å². The fraction of sp³-hybridized carbons (Fsp3) is 0.226. The average Bonchev–Trinajstić information content (AvgIpc) is 3.41. The summed E-state index contributed by atoms with van der Waals surface area (Å²) in [5.41, 5.74) is 5.65. The van der Waals surface area contributed by atoms with Gasteiger partial charge in [-0.3, -0.25) is 9.36 Å². The highest BCUT2D eigenvalue weighted by Gasteiger charge is 2.33. The zero-order valence-corrected chi connectivity index (χ0v) is 23.7. The number of hydrogen-bond acceptors (Lipinski definition) is 7. The van der Waals surface area contributed by atoms with Crippen molar-refractivity contribution in [3.63, 3.8) is 0 Å². The van der Waals surface area contributed by atoms with Crippen molar-refractivity contribution in [2.45, 2.75) is 33.7 Å². The average molecular weight is 556 g/mol. The predicted octanol–water partition coefficient (Wildman–Crippen LogP) is 3.99. The highest BCUT2D eigenvalue weighted by molar-refractivity contribution is 7.07. The van der Waals surface area contributed by atoms with Crippen LogP contribution >= 0.6 is 11.3 Å². The van der Waals surface area contributed by atoms with Gasteiger partial charge in [-0.2, -0.15) is 0 Å². The molecule has 0 fully saturated rings. The molecule has 0 N–H and O–H groups in total. The Morgan fingerprint density at radius 2 is 1.73 bits per heavy atom. The summed E-state index contributed by atoms with van der Waals surface area (Å²) in [7, 11) is 1.36. The summed E-state index contributed by atoms with van der Waals surface area (Å²) in [5, 5.41) is 0. The van der Waals surface area contributed by atoms with Gasteiger partial charge in [0.2, 0.25) is 0 Å². The lowest BCUT2D eigenvalue weighted by Crippen LogP contribution is -2.39. The number of hydrogen-bond donors (Lipinski definition) is 0. The lowest BCUT2D eigenvalue weighted by Gasteiger charge is -2.24. The number of aromatic nitrogens is 2. The summed E-state index contributed by atoms with van der Waals surface area (Å²) in [6.45, 7) is 7.73. The number of rotatable bonds is 6. The fourth-order valence-electron chi connectivity index (χ4n) is 5.08. The second-order valence-corrected chi connectivity index (χ2v) is 10.4. The molecule has 0 aliphatic carbocycles. The van der Waals surface area contributed by atoms with Crippen LogP contribution in [0.5, 0.6) is 0 Å². The van der Waals surface area contributed by atoms with E-state index in [0.717, 1.165) is 28.2 Å². The second kappa shape index (κ2) is 10.9. The van der Waals surface area contributed by atoms with Gasteiger partial charge in [0.05, 0.1) is 41.1 Å². The molecule has 8 nitrogen and oxygen atoms in total. The van der Waals surface area contributed by atoms with Gasteiger partial charge in [-0.05, 0) is 75.2 Å². The molecule has 0 unspecified atom stereocenters. The minimum Gasteiger partial charge on any atom is -0.465 e. The molecule has 4 aromatic rings. The second-order valence-electron chi connectivity index (χ2n) is 9.41. The molecule has 40 heavy (non-hydrogen) atoms. The number of esters is 2. The maximum atomic E-state index is 13.9.